The molecule has 3 aromatic rings. The molecule has 2 heterocycles. The minimum atomic E-state index is 0.421. The fourth-order valence-electron chi connectivity index (χ4n) is 2.37. The number of nitrogen functional groups attached to an aromatic ring is 1. The summed E-state index contributed by atoms with van der Waals surface area (Å²) in [6, 6.07) is 6.50. The average molecular weight is 253 g/mol. The molecule has 0 amide bonds. The van der Waals surface area contributed by atoms with Crippen LogP contribution in [0.4, 0.5) is 5.82 Å². The monoisotopic (exact) mass is 253 g/mol. The molecular weight excluding hydrogens is 238 g/mol. The zero-order valence-electron chi connectivity index (χ0n) is 11.0. The second-order valence-corrected chi connectivity index (χ2v) is 4.80. The Bertz CT molecular complexity index is 724. The number of fused-ring (bicyclic) bond motifs is 1. The Morgan fingerprint density at radius 2 is 1.79 bits per heavy atom. The lowest BCUT2D eigenvalue weighted by molar-refractivity contribution is 0.811. The fraction of sp³-hybridized carbons (Fsp3) is 0.214. The Morgan fingerprint density at radius 1 is 1.05 bits per heavy atom. The van der Waals surface area contributed by atoms with Crippen molar-refractivity contribution >= 4 is 17.0 Å². The number of anilines is 1. The smallest absolute Gasteiger partial charge is 0.165 e. The molecular formula is C14H15N5. The zero-order valence-corrected chi connectivity index (χ0v) is 11.0. The molecule has 0 radical (unpaired) electrons. The molecule has 0 unspecified atom stereocenters. The van der Waals surface area contributed by atoms with Gasteiger partial charge in [-0.05, 0) is 19.4 Å². The summed E-state index contributed by atoms with van der Waals surface area (Å²) >= 11 is 0. The molecule has 5 nitrogen and oxygen atoms in total. The van der Waals surface area contributed by atoms with Gasteiger partial charge in [0.05, 0.1) is 12.9 Å². The Labute approximate surface area is 111 Å². The minimum Gasteiger partial charge on any atom is -0.382 e. The number of nitrogens with two attached hydrogens (primary N) is 1. The first-order valence-electron chi connectivity index (χ1n) is 6.12. The maximum atomic E-state index is 5.78. The van der Waals surface area contributed by atoms with Crippen LogP contribution in [0.3, 0.4) is 0 Å². The fourth-order valence-corrected chi connectivity index (χ4v) is 2.37. The number of aryl methyl sites for hydroxylation is 2. The van der Waals surface area contributed by atoms with Crippen LogP contribution in [0, 0.1) is 13.8 Å². The Morgan fingerprint density at radius 3 is 2.53 bits per heavy atom. The van der Waals surface area contributed by atoms with Crippen LogP contribution in [0.2, 0.25) is 0 Å². The van der Waals surface area contributed by atoms with E-state index in [0.29, 0.717) is 11.3 Å². The third kappa shape index (κ3) is 2.14. The van der Waals surface area contributed by atoms with Crippen molar-refractivity contribution in [2.75, 3.05) is 5.73 Å². The molecule has 19 heavy (non-hydrogen) atoms. The Hall–Kier alpha value is -2.43. The number of hydrogen-bond acceptors (Lipinski definition) is 4. The summed E-state index contributed by atoms with van der Waals surface area (Å²) in [5, 5.41) is 0. The normalized spacial score (nSPS) is 11.1. The first-order valence-corrected chi connectivity index (χ1v) is 6.12. The summed E-state index contributed by atoms with van der Waals surface area (Å²) in [7, 11) is 0. The zero-order chi connectivity index (χ0) is 13.4. The van der Waals surface area contributed by atoms with Gasteiger partial charge in [0, 0.05) is 0 Å². The SMILES string of the molecule is Cc1cc(C)cc(Cn2cnc3c(N)ncnc32)c1. The van der Waals surface area contributed by atoms with Gasteiger partial charge in [-0.2, -0.15) is 0 Å². The lowest BCUT2D eigenvalue weighted by Gasteiger charge is -2.06. The van der Waals surface area contributed by atoms with Crippen molar-refractivity contribution in [1.29, 1.82) is 0 Å². The molecule has 2 N–H and O–H groups in total. The van der Waals surface area contributed by atoms with Gasteiger partial charge in [0.15, 0.2) is 11.5 Å². The van der Waals surface area contributed by atoms with Gasteiger partial charge in [0.2, 0.25) is 0 Å². The van der Waals surface area contributed by atoms with Crippen molar-refractivity contribution in [3.8, 4) is 0 Å². The van der Waals surface area contributed by atoms with E-state index in [-0.39, 0.29) is 0 Å². The second-order valence-electron chi connectivity index (χ2n) is 4.80. The number of rotatable bonds is 2. The Balaban J connectivity index is 2.04. The predicted octanol–water partition coefficient (Wildman–Crippen LogP) is 2.07. The predicted molar refractivity (Wildman–Crippen MR) is 74.8 cm³/mol. The van der Waals surface area contributed by atoms with Crippen LogP contribution in [0.1, 0.15) is 16.7 Å². The van der Waals surface area contributed by atoms with Crippen LogP contribution in [0.15, 0.2) is 30.9 Å². The molecule has 0 aliphatic heterocycles. The molecule has 0 saturated carbocycles. The first kappa shape index (κ1) is 11.6. The maximum Gasteiger partial charge on any atom is 0.165 e. The van der Waals surface area contributed by atoms with E-state index in [4.69, 9.17) is 5.73 Å². The number of aromatic nitrogens is 4. The van der Waals surface area contributed by atoms with Gasteiger partial charge in [-0.15, -0.1) is 0 Å². The lowest BCUT2D eigenvalue weighted by Crippen LogP contribution is -2.01. The van der Waals surface area contributed by atoms with Crippen molar-refractivity contribution < 1.29 is 0 Å². The van der Waals surface area contributed by atoms with E-state index >= 15 is 0 Å². The summed E-state index contributed by atoms with van der Waals surface area (Å²) in [6.07, 6.45) is 3.23. The standard InChI is InChI=1S/C14H15N5/c1-9-3-10(2)5-11(4-9)6-19-8-18-12-13(15)16-7-17-14(12)19/h3-5,7-8H,6H2,1-2H3,(H2,15,16,17). The van der Waals surface area contributed by atoms with Gasteiger partial charge in [-0.25, -0.2) is 15.0 Å². The van der Waals surface area contributed by atoms with E-state index in [1.54, 1.807) is 6.33 Å². The van der Waals surface area contributed by atoms with E-state index in [9.17, 15) is 0 Å². The highest BCUT2D eigenvalue weighted by molar-refractivity contribution is 5.81. The molecule has 0 bridgehead atoms. The number of imidazole rings is 1. The molecule has 96 valence electrons. The highest BCUT2D eigenvalue weighted by Gasteiger charge is 2.08. The van der Waals surface area contributed by atoms with Crippen molar-refractivity contribution in [2.45, 2.75) is 20.4 Å². The largest absolute Gasteiger partial charge is 0.382 e. The summed E-state index contributed by atoms with van der Waals surface area (Å²) in [5.74, 6) is 0.421. The second kappa shape index (κ2) is 4.35. The highest BCUT2D eigenvalue weighted by atomic mass is 15.1. The average Bonchev–Trinajstić information content (AvgIpc) is 2.73. The van der Waals surface area contributed by atoms with Crippen LogP contribution in [-0.4, -0.2) is 19.5 Å². The number of benzene rings is 1. The van der Waals surface area contributed by atoms with Gasteiger partial charge in [-0.1, -0.05) is 29.3 Å². The molecule has 2 aromatic heterocycles. The maximum absolute atomic E-state index is 5.78. The molecule has 0 aliphatic rings. The van der Waals surface area contributed by atoms with Crippen molar-refractivity contribution in [2.24, 2.45) is 0 Å². The van der Waals surface area contributed by atoms with Crippen LogP contribution >= 0.6 is 0 Å². The van der Waals surface area contributed by atoms with Crippen molar-refractivity contribution in [3.05, 3.63) is 47.5 Å². The first-order chi connectivity index (χ1) is 9.13. The third-order valence-electron chi connectivity index (χ3n) is 3.06. The summed E-state index contributed by atoms with van der Waals surface area (Å²) in [5.41, 5.74) is 11.0. The van der Waals surface area contributed by atoms with Crippen LogP contribution in [0.25, 0.3) is 11.2 Å². The molecule has 0 fully saturated rings. The van der Waals surface area contributed by atoms with E-state index in [2.05, 4.69) is 47.0 Å². The van der Waals surface area contributed by atoms with Gasteiger partial charge in [0.25, 0.3) is 0 Å². The summed E-state index contributed by atoms with van der Waals surface area (Å²) in [4.78, 5) is 12.5. The lowest BCUT2D eigenvalue weighted by atomic mass is 10.1. The molecule has 5 heteroatoms. The summed E-state index contributed by atoms with van der Waals surface area (Å²) < 4.78 is 1.99. The molecule has 1 aromatic carbocycles. The highest BCUT2D eigenvalue weighted by Crippen LogP contribution is 2.17. The van der Waals surface area contributed by atoms with Crippen LogP contribution in [-0.2, 0) is 6.54 Å². The van der Waals surface area contributed by atoms with Gasteiger partial charge < -0.3 is 10.3 Å². The topological polar surface area (TPSA) is 69.6 Å². The minimum absolute atomic E-state index is 0.421. The van der Waals surface area contributed by atoms with Gasteiger partial charge in [0.1, 0.15) is 11.8 Å². The molecule has 0 atom stereocenters. The quantitative estimate of drug-likeness (QED) is 0.759. The third-order valence-corrected chi connectivity index (χ3v) is 3.06. The van der Waals surface area contributed by atoms with E-state index < -0.39 is 0 Å². The number of nitrogens with zero attached hydrogens (tertiary/aromatic N) is 4. The van der Waals surface area contributed by atoms with Crippen LogP contribution < -0.4 is 5.73 Å². The Kier molecular flexibility index (Phi) is 2.67. The molecule has 0 spiro atoms. The van der Waals surface area contributed by atoms with Crippen LogP contribution in [0.5, 0.6) is 0 Å². The van der Waals surface area contributed by atoms with E-state index in [0.717, 1.165) is 12.2 Å². The van der Waals surface area contributed by atoms with Crippen molar-refractivity contribution in [1.82, 2.24) is 19.5 Å². The molecule has 0 saturated heterocycles. The number of hydrogen-bond donors (Lipinski definition) is 1. The van der Waals surface area contributed by atoms with E-state index in [1.807, 2.05) is 4.57 Å². The van der Waals surface area contributed by atoms with Crippen molar-refractivity contribution in [3.63, 3.8) is 0 Å². The molecule has 3 rings (SSSR count). The van der Waals surface area contributed by atoms with Gasteiger partial charge in [-0.3, -0.25) is 0 Å². The summed E-state index contributed by atoms with van der Waals surface area (Å²) in [6.45, 7) is 4.93. The molecule has 0 aliphatic carbocycles. The van der Waals surface area contributed by atoms with Gasteiger partial charge >= 0.3 is 0 Å². The van der Waals surface area contributed by atoms with E-state index in [1.165, 1.54) is 23.0 Å².